The first-order valence-corrected chi connectivity index (χ1v) is 9.05. The molecule has 1 aromatic rings. The van der Waals surface area contributed by atoms with Gasteiger partial charge in [-0.1, -0.05) is 6.92 Å². The molecule has 0 aliphatic carbocycles. The minimum atomic E-state index is -0.873. The number of carbonyl (C=O) groups excluding carboxylic acids is 2. The number of fused-ring (bicyclic) bond motifs is 1. The molecule has 150 valence electrons. The Morgan fingerprint density at radius 1 is 1.22 bits per heavy atom. The summed E-state index contributed by atoms with van der Waals surface area (Å²) >= 11 is 0. The lowest BCUT2D eigenvalue weighted by atomic mass is 9.91. The molecule has 1 aromatic carbocycles. The highest BCUT2D eigenvalue weighted by Gasteiger charge is 2.41. The second-order valence-corrected chi connectivity index (χ2v) is 6.35. The van der Waals surface area contributed by atoms with Gasteiger partial charge in [-0.25, -0.2) is 9.59 Å². The quantitative estimate of drug-likeness (QED) is 0.757. The summed E-state index contributed by atoms with van der Waals surface area (Å²) in [6.07, 6.45) is -0.0406. The molecule has 0 saturated carbocycles. The standard InChI is InChI=1S/C19H28N2O6/c1-6-11(3)27-19(23)21-14-10-17(25-5)16(24-4)8-12(14)13(20)9-15(21)18(22)26-7-2/h8,10-11,13,15H,6-7,9,20H2,1-5H3/t11?,13-,15-/m1/s1. The average Bonchev–Trinajstić information content (AvgIpc) is 2.66. The first-order valence-electron chi connectivity index (χ1n) is 9.05. The average molecular weight is 380 g/mol. The van der Waals surface area contributed by atoms with Crippen LogP contribution in [-0.4, -0.2) is 45.0 Å². The maximum atomic E-state index is 12.9. The number of anilines is 1. The normalized spacial score (nSPS) is 19.7. The van der Waals surface area contributed by atoms with Crippen molar-refractivity contribution in [3.8, 4) is 11.5 Å². The third kappa shape index (κ3) is 4.27. The van der Waals surface area contributed by atoms with Gasteiger partial charge in [0.2, 0.25) is 0 Å². The molecule has 0 saturated heterocycles. The fourth-order valence-corrected chi connectivity index (χ4v) is 3.01. The molecule has 0 bridgehead atoms. The van der Waals surface area contributed by atoms with E-state index in [-0.39, 0.29) is 19.1 Å². The molecule has 27 heavy (non-hydrogen) atoms. The Labute approximate surface area is 159 Å². The zero-order valence-corrected chi connectivity index (χ0v) is 16.5. The number of carbonyl (C=O) groups is 2. The van der Waals surface area contributed by atoms with E-state index in [1.54, 1.807) is 26.0 Å². The minimum absolute atomic E-state index is 0.206. The molecule has 8 nitrogen and oxygen atoms in total. The van der Waals surface area contributed by atoms with Gasteiger partial charge in [0.1, 0.15) is 12.1 Å². The van der Waals surface area contributed by atoms with Crippen LogP contribution in [0.2, 0.25) is 0 Å². The predicted octanol–water partition coefficient (Wildman–Crippen LogP) is 2.78. The molecule has 3 atom stereocenters. The highest BCUT2D eigenvalue weighted by molar-refractivity contribution is 5.98. The van der Waals surface area contributed by atoms with Crippen LogP contribution in [0.15, 0.2) is 12.1 Å². The topological polar surface area (TPSA) is 100 Å². The van der Waals surface area contributed by atoms with Crippen molar-refractivity contribution in [1.82, 2.24) is 0 Å². The van der Waals surface area contributed by atoms with E-state index >= 15 is 0 Å². The van der Waals surface area contributed by atoms with Crippen molar-refractivity contribution in [3.63, 3.8) is 0 Å². The number of hydrogen-bond acceptors (Lipinski definition) is 7. The Morgan fingerprint density at radius 2 is 1.85 bits per heavy atom. The van der Waals surface area contributed by atoms with Gasteiger partial charge >= 0.3 is 12.1 Å². The molecule has 1 unspecified atom stereocenters. The van der Waals surface area contributed by atoms with Crippen molar-refractivity contribution in [3.05, 3.63) is 17.7 Å². The van der Waals surface area contributed by atoms with Crippen molar-refractivity contribution in [1.29, 1.82) is 0 Å². The Morgan fingerprint density at radius 3 is 2.41 bits per heavy atom. The minimum Gasteiger partial charge on any atom is -0.493 e. The predicted molar refractivity (Wildman–Crippen MR) is 100 cm³/mol. The van der Waals surface area contributed by atoms with E-state index < -0.39 is 24.1 Å². The van der Waals surface area contributed by atoms with E-state index in [1.807, 2.05) is 6.92 Å². The van der Waals surface area contributed by atoms with E-state index in [4.69, 9.17) is 24.7 Å². The van der Waals surface area contributed by atoms with Crippen LogP contribution in [0.4, 0.5) is 10.5 Å². The number of rotatable bonds is 6. The van der Waals surface area contributed by atoms with Gasteiger partial charge in [0.15, 0.2) is 11.5 Å². The number of methoxy groups -OCH3 is 2. The fraction of sp³-hybridized carbons (Fsp3) is 0.579. The van der Waals surface area contributed by atoms with E-state index in [9.17, 15) is 9.59 Å². The van der Waals surface area contributed by atoms with Gasteiger partial charge in [0, 0.05) is 12.1 Å². The number of ether oxygens (including phenoxy) is 4. The zero-order valence-electron chi connectivity index (χ0n) is 16.5. The van der Waals surface area contributed by atoms with Crippen LogP contribution in [0.5, 0.6) is 11.5 Å². The monoisotopic (exact) mass is 380 g/mol. The summed E-state index contributed by atoms with van der Waals surface area (Å²) < 4.78 is 21.3. The Hall–Kier alpha value is -2.48. The second kappa shape index (κ2) is 8.94. The molecular formula is C19H28N2O6. The van der Waals surface area contributed by atoms with Gasteiger partial charge < -0.3 is 24.7 Å². The van der Waals surface area contributed by atoms with Crippen molar-refractivity contribution >= 4 is 17.7 Å². The number of nitrogens with zero attached hydrogens (tertiary/aromatic N) is 1. The molecule has 0 radical (unpaired) electrons. The van der Waals surface area contributed by atoms with Crippen LogP contribution in [-0.2, 0) is 14.3 Å². The highest BCUT2D eigenvalue weighted by Crippen LogP contribution is 2.43. The smallest absolute Gasteiger partial charge is 0.415 e. The molecule has 1 aliphatic rings. The van der Waals surface area contributed by atoms with E-state index in [0.717, 1.165) is 0 Å². The summed E-state index contributed by atoms with van der Waals surface area (Å²) in [5.41, 5.74) is 7.42. The Kier molecular flexibility index (Phi) is 6.90. The maximum Gasteiger partial charge on any atom is 0.415 e. The molecule has 2 rings (SSSR count). The van der Waals surface area contributed by atoms with E-state index in [1.165, 1.54) is 19.1 Å². The molecule has 1 amide bonds. The molecular weight excluding hydrogens is 352 g/mol. The summed E-state index contributed by atoms with van der Waals surface area (Å²) in [7, 11) is 3.02. The van der Waals surface area contributed by atoms with Crippen LogP contribution in [0.1, 0.15) is 45.2 Å². The SMILES string of the molecule is CCOC(=O)[C@H]1C[C@@H](N)c2cc(OC)c(OC)cc2N1C(=O)OC(C)CC. The number of amides is 1. The molecule has 0 fully saturated rings. The van der Waals surface area contributed by atoms with Crippen molar-refractivity contribution in [2.24, 2.45) is 5.73 Å². The van der Waals surface area contributed by atoms with Crippen molar-refractivity contribution in [2.45, 2.75) is 51.8 Å². The van der Waals surface area contributed by atoms with Crippen LogP contribution in [0.25, 0.3) is 0 Å². The third-order valence-electron chi connectivity index (χ3n) is 4.61. The van der Waals surface area contributed by atoms with Crippen LogP contribution >= 0.6 is 0 Å². The lowest BCUT2D eigenvalue weighted by Crippen LogP contribution is -2.51. The summed E-state index contributed by atoms with van der Waals surface area (Å²) in [6.45, 7) is 5.62. The lowest BCUT2D eigenvalue weighted by Gasteiger charge is -2.38. The highest BCUT2D eigenvalue weighted by atomic mass is 16.6. The van der Waals surface area contributed by atoms with Crippen molar-refractivity contribution in [2.75, 3.05) is 25.7 Å². The first-order chi connectivity index (χ1) is 12.9. The van der Waals surface area contributed by atoms with Crippen molar-refractivity contribution < 1.29 is 28.5 Å². The number of esters is 1. The maximum absolute atomic E-state index is 12.9. The second-order valence-electron chi connectivity index (χ2n) is 6.35. The van der Waals surface area contributed by atoms with E-state index in [0.29, 0.717) is 29.2 Å². The molecule has 0 spiro atoms. The van der Waals surface area contributed by atoms with Crippen LogP contribution in [0, 0.1) is 0 Å². The van der Waals surface area contributed by atoms with Gasteiger partial charge in [-0.3, -0.25) is 4.90 Å². The van der Waals surface area contributed by atoms with Crippen LogP contribution < -0.4 is 20.1 Å². The number of benzene rings is 1. The summed E-state index contributed by atoms with van der Waals surface area (Å²) in [5, 5.41) is 0. The Bertz CT molecular complexity index is 693. The van der Waals surface area contributed by atoms with Gasteiger partial charge in [-0.05, 0) is 38.3 Å². The molecule has 0 aromatic heterocycles. The first kappa shape index (κ1) is 20.8. The summed E-state index contributed by atoms with van der Waals surface area (Å²) in [6, 6.07) is 2.02. The molecule has 8 heteroatoms. The number of hydrogen-bond donors (Lipinski definition) is 1. The largest absolute Gasteiger partial charge is 0.493 e. The molecule has 1 aliphatic heterocycles. The third-order valence-corrected chi connectivity index (χ3v) is 4.61. The van der Waals surface area contributed by atoms with Gasteiger partial charge in [-0.2, -0.15) is 0 Å². The summed E-state index contributed by atoms with van der Waals surface area (Å²) in [4.78, 5) is 26.7. The molecule has 1 heterocycles. The lowest BCUT2D eigenvalue weighted by molar-refractivity contribution is -0.145. The number of nitrogens with two attached hydrogens (primary N) is 1. The van der Waals surface area contributed by atoms with E-state index in [2.05, 4.69) is 0 Å². The summed E-state index contributed by atoms with van der Waals surface area (Å²) in [5.74, 6) is 0.403. The zero-order chi connectivity index (χ0) is 20.1. The van der Waals surface area contributed by atoms with Gasteiger partial charge in [0.05, 0.1) is 26.5 Å². The molecule has 2 N–H and O–H groups in total. The van der Waals surface area contributed by atoms with Gasteiger partial charge in [0.25, 0.3) is 0 Å². The van der Waals surface area contributed by atoms with Gasteiger partial charge in [-0.15, -0.1) is 0 Å². The van der Waals surface area contributed by atoms with Crippen LogP contribution in [0.3, 0.4) is 0 Å². The Balaban J connectivity index is 2.56. The fourth-order valence-electron chi connectivity index (χ4n) is 3.01.